The predicted octanol–water partition coefficient (Wildman–Crippen LogP) is 3.76. The molecule has 2 unspecified atom stereocenters. The molecule has 21 heavy (non-hydrogen) atoms. The van der Waals surface area contributed by atoms with Gasteiger partial charge >= 0.3 is 0 Å². The molecule has 4 nitrogen and oxygen atoms in total. The fourth-order valence-electron chi connectivity index (χ4n) is 2.38. The zero-order chi connectivity index (χ0) is 14.8. The third-order valence-corrected chi connectivity index (χ3v) is 3.83. The van der Waals surface area contributed by atoms with Gasteiger partial charge in [-0.25, -0.2) is 0 Å². The van der Waals surface area contributed by atoms with Crippen LogP contribution in [0.2, 0.25) is 0 Å². The van der Waals surface area contributed by atoms with Crippen molar-refractivity contribution in [1.29, 1.82) is 0 Å². The van der Waals surface area contributed by atoms with Gasteiger partial charge in [-0.1, -0.05) is 55.4 Å². The van der Waals surface area contributed by atoms with Crippen LogP contribution in [0.1, 0.15) is 32.1 Å². The molecular weight excluding hydrogens is 264 g/mol. The van der Waals surface area contributed by atoms with E-state index in [9.17, 15) is 5.11 Å². The molecule has 1 aromatic heterocycles. The van der Waals surface area contributed by atoms with Gasteiger partial charge in [-0.3, -0.25) is 0 Å². The Morgan fingerprint density at radius 1 is 1.14 bits per heavy atom. The summed E-state index contributed by atoms with van der Waals surface area (Å²) >= 11 is 0. The first-order chi connectivity index (χ1) is 10.2. The lowest BCUT2D eigenvalue weighted by molar-refractivity contribution is 0.129. The summed E-state index contributed by atoms with van der Waals surface area (Å²) in [4.78, 5) is 4.42. The van der Waals surface area contributed by atoms with Crippen LogP contribution >= 0.6 is 0 Å². The molecule has 0 amide bonds. The molecule has 0 radical (unpaired) electrons. The Kier molecular flexibility index (Phi) is 3.71. The zero-order valence-electron chi connectivity index (χ0n) is 12.2. The number of fused-ring (bicyclic) bond motifs is 1. The van der Waals surface area contributed by atoms with Gasteiger partial charge in [-0.05, 0) is 23.3 Å². The second-order valence-corrected chi connectivity index (χ2v) is 5.28. The third-order valence-electron chi connectivity index (χ3n) is 3.83. The van der Waals surface area contributed by atoms with Crippen LogP contribution in [0.4, 0.5) is 0 Å². The minimum absolute atomic E-state index is 0.156. The molecule has 3 rings (SSSR count). The SMILES string of the molecule is CCC(O)C(C)c1nc(-c2ccc3ccccc3c2)no1. The molecule has 2 atom stereocenters. The molecular formula is C17H18N2O2. The summed E-state index contributed by atoms with van der Waals surface area (Å²) in [5.41, 5.74) is 0.918. The Morgan fingerprint density at radius 3 is 2.67 bits per heavy atom. The number of aliphatic hydroxyl groups is 1. The summed E-state index contributed by atoms with van der Waals surface area (Å²) in [6, 6.07) is 14.2. The van der Waals surface area contributed by atoms with Gasteiger partial charge < -0.3 is 9.63 Å². The van der Waals surface area contributed by atoms with E-state index in [1.807, 2.05) is 44.2 Å². The van der Waals surface area contributed by atoms with E-state index in [1.165, 1.54) is 5.39 Å². The van der Waals surface area contributed by atoms with E-state index in [0.29, 0.717) is 18.1 Å². The average Bonchev–Trinajstić information content (AvgIpc) is 3.02. The molecule has 4 heteroatoms. The monoisotopic (exact) mass is 282 g/mol. The summed E-state index contributed by atoms with van der Waals surface area (Å²) in [6.07, 6.45) is 0.199. The lowest BCUT2D eigenvalue weighted by Crippen LogP contribution is -2.14. The highest BCUT2D eigenvalue weighted by Crippen LogP contribution is 2.25. The molecule has 0 fully saturated rings. The molecule has 0 bridgehead atoms. The predicted molar refractivity (Wildman–Crippen MR) is 82.0 cm³/mol. The van der Waals surface area contributed by atoms with Crippen molar-refractivity contribution >= 4 is 10.8 Å². The average molecular weight is 282 g/mol. The minimum Gasteiger partial charge on any atom is -0.392 e. The van der Waals surface area contributed by atoms with Crippen LogP contribution in [-0.2, 0) is 0 Å². The summed E-state index contributed by atoms with van der Waals surface area (Å²) < 4.78 is 5.29. The smallest absolute Gasteiger partial charge is 0.232 e. The zero-order valence-corrected chi connectivity index (χ0v) is 12.2. The Labute approximate surface area is 123 Å². The summed E-state index contributed by atoms with van der Waals surface area (Å²) in [6.45, 7) is 3.83. The Hall–Kier alpha value is -2.20. The molecule has 1 heterocycles. The van der Waals surface area contributed by atoms with Gasteiger partial charge in [0.2, 0.25) is 11.7 Å². The lowest BCUT2D eigenvalue weighted by Gasteiger charge is -2.11. The quantitative estimate of drug-likeness (QED) is 0.791. The molecule has 0 saturated heterocycles. The fraction of sp³-hybridized carbons (Fsp3) is 0.294. The van der Waals surface area contributed by atoms with Crippen LogP contribution in [0, 0.1) is 0 Å². The largest absolute Gasteiger partial charge is 0.392 e. The van der Waals surface area contributed by atoms with Gasteiger partial charge in [0, 0.05) is 5.56 Å². The highest BCUT2D eigenvalue weighted by atomic mass is 16.5. The molecule has 2 aromatic carbocycles. The van der Waals surface area contributed by atoms with Crippen LogP contribution < -0.4 is 0 Å². The van der Waals surface area contributed by atoms with Crippen LogP contribution in [0.15, 0.2) is 47.0 Å². The Morgan fingerprint density at radius 2 is 1.90 bits per heavy atom. The van der Waals surface area contributed by atoms with Crippen LogP contribution in [0.3, 0.4) is 0 Å². The molecule has 0 saturated carbocycles. The van der Waals surface area contributed by atoms with E-state index in [0.717, 1.165) is 10.9 Å². The molecule has 1 N–H and O–H groups in total. The molecule has 0 aliphatic rings. The second kappa shape index (κ2) is 5.66. The topological polar surface area (TPSA) is 59.2 Å². The van der Waals surface area contributed by atoms with E-state index in [-0.39, 0.29) is 5.92 Å². The molecule has 0 spiro atoms. The maximum atomic E-state index is 9.87. The number of nitrogens with zero attached hydrogens (tertiary/aromatic N) is 2. The molecule has 0 aliphatic heterocycles. The molecule has 108 valence electrons. The lowest BCUT2D eigenvalue weighted by atomic mass is 10.0. The van der Waals surface area contributed by atoms with Gasteiger partial charge in [0.05, 0.1) is 12.0 Å². The van der Waals surface area contributed by atoms with Crippen molar-refractivity contribution in [2.24, 2.45) is 0 Å². The van der Waals surface area contributed by atoms with Crippen LogP contribution in [-0.4, -0.2) is 21.4 Å². The second-order valence-electron chi connectivity index (χ2n) is 5.28. The highest BCUT2D eigenvalue weighted by Gasteiger charge is 2.21. The maximum absolute atomic E-state index is 9.87. The standard InChI is InChI=1S/C17H18N2O2/c1-3-15(20)11(2)17-18-16(19-21-17)14-9-8-12-6-4-5-7-13(12)10-14/h4-11,15,20H,3H2,1-2H3. The van der Waals surface area contributed by atoms with Gasteiger partial charge in [-0.15, -0.1) is 0 Å². The van der Waals surface area contributed by atoms with Gasteiger partial charge in [0.25, 0.3) is 0 Å². The van der Waals surface area contributed by atoms with Crippen LogP contribution in [0.25, 0.3) is 22.2 Å². The van der Waals surface area contributed by atoms with Gasteiger partial charge in [0.15, 0.2) is 0 Å². The van der Waals surface area contributed by atoms with Gasteiger partial charge in [0.1, 0.15) is 0 Å². The first-order valence-corrected chi connectivity index (χ1v) is 7.20. The van der Waals surface area contributed by atoms with E-state index in [1.54, 1.807) is 0 Å². The van der Waals surface area contributed by atoms with Crippen molar-refractivity contribution in [2.75, 3.05) is 0 Å². The Balaban J connectivity index is 1.94. The minimum atomic E-state index is -0.463. The van der Waals surface area contributed by atoms with Crippen LogP contribution in [0.5, 0.6) is 0 Å². The number of benzene rings is 2. The van der Waals surface area contributed by atoms with Crippen molar-refractivity contribution in [1.82, 2.24) is 10.1 Å². The van der Waals surface area contributed by atoms with Crippen molar-refractivity contribution < 1.29 is 9.63 Å². The fourth-order valence-corrected chi connectivity index (χ4v) is 2.38. The Bertz CT molecular complexity index is 751. The first kappa shape index (κ1) is 13.8. The number of hydrogen-bond acceptors (Lipinski definition) is 4. The van der Waals surface area contributed by atoms with Crippen molar-refractivity contribution in [3.05, 3.63) is 48.4 Å². The first-order valence-electron chi connectivity index (χ1n) is 7.20. The summed E-state index contributed by atoms with van der Waals surface area (Å²) in [5, 5.41) is 16.2. The normalized spacial score (nSPS) is 14.2. The molecule has 3 aromatic rings. The summed E-state index contributed by atoms with van der Waals surface area (Å²) in [7, 11) is 0. The molecule has 0 aliphatic carbocycles. The van der Waals surface area contributed by atoms with Crippen molar-refractivity contribution in [2.45, 2.75) is 32.3 Å². The highest BCUT2D eigenvalue weighted by molar-refractivity contribution is 5.86. The van der Waals surface area contributed by atoms with E-state index >= 15 is 0 Å². The van der Waals surface area contributed by atoms with Crippen molar-refractivity contribution in [3.8, 4) is 11.4 Å². The third kappa shape index (κ3) is 2.67. The van der Waals surface area contributed by atoms with Crippen molar-refractivity contribution in [3.63, 3.8) is 0 Å². The summed E-state index contributed by atoms with van der Waals surface area (Å²) in [5.74, 6) is 0.884. The maximum Gasteiger partial charge on any atom is 0.232 e. The number of aliphatic hydroxyl groups excluding tert-OH is 1. The van der Waals surface area contributed by atoms with E-state index < -0.39 is 6.10 Å². The number of aromatic nitrogens is 2. The number of rotatable bonds is 4. The number of hydrogen-bond donors (Lipinski definition) is 1. The van der Waals surface area contributed by atoms with Gasteiger partial charge in [-0.2, -0.15) is 4.98 Å². The van der Waals surface area contributed by atoms with E-state index in [4.69, 9.17) is 4.52 Å². The van der Waals surface area contributed by atoms with E-state index in [2.05, 4.69) is 22.3 Å².